The van der Waals surface area contributed by atoms with Gasteiger partial charge in [0.1, 0.15) is 5.75 Å². The van der Waals surface area contributed by atoms with Crippen molar-refractivity contribution >= 4 is 27.6 Å². The fraction of sp³-hybridized carbons (Fsp3) is 0.462. The first-order valence-electron chi connectivity index (χ1n) is 11.6. The standard InChI is InChI=1S/C26H27BrN2O4/c1-14-26(32)11-9-20(30)23-25(26)13-19(29(14)2)17-7-8-18(22(33-23)21(17)25)24(31)28-12-10-15-3-5-16(27)6-4-15/h3-8,14,19,23,32H,9-13H2,1-2H3,(H,28,31). The summed E-state index contributed by atoms with van der Waals surface area (Å²) in [4.78, 5) is 28.4. The second-order valence-electron chi connectivity index (χ2n) is 9.96. The van der Waals surface area contributed by atoms with Crippen LogP contribution in [0.4, 0.5) is 0 Å². The number of carbonyl (C=O) groups is 2. The third-order valence-corrected chi connectivity index (χ3v) is 9.19. The molecule has 2 aromatic carbocycles. The number of Topliss-reactive ketones (excluding diaryl/α,β-unsaturated/α-hetero) is 1. The number of benzene rings is 2. The number of hydrogen-bond acceptors (Lipinski definition) is 5. The van der Waals surface area contributed by atoms with Gasteiger partial charge in [-0.2, -0.15) is 0 Å². The monoisotopic (exact) mass is 510 g/mol. The molecule has 6 nitrogen and oxygen atoms in total. The summed E-state index contributed by atoms with van der Waals surface area (Å²) in [6, 6.07) is 11.9. The van der Waals surface area contributed by atoms with Gasteiger partial charge in [-0.25, -0.2) is 0 Å². The maximum absolute atomic E-state index is 13.2. The van der Waals surface area contributed by atoms with Crippen LogP contribution in [0.5, 0.6) is 5.75 Å². The lowest BCUT2D eigenvalue weighted by Crippen LogP contribution is -2.71. The van der Waals surface area contributed by atoms with E-state index in [1.165, 1.54) is 0 Å². The second-order valence-corrected chi connectivity index (χ2v) is 10.9. The Hall–Kier alpha value is -2.22. The molecule has 172 valence electrons. The zero-order valence-corrected chi connectivity index (χ0v) is 20.3. The lowest BCUT2D eigenvalue weighted by atomic mass is 9.55. The fourth-order valence-corrected chi connectivity index (χ4v) is 7.12. The maximum atomic E-state index is 13.2. The molecular weight excluding hydrogens is 484 g/mol. The van der Waals surface area contributed by atoms with Crippen LogP contribution in [-0.2, 0) is 16.6 Å². The Balaban J connectivity index is 1.35. The summed E-state index contributed by atoms with van der Waals surface area (Å²) in [5.41, 5.74) is 1.73. The molecule has 2 N–H and O–H groups in total. The summed E-state index contributed by atoms with van der Waals surface area (Å²) in [7, 11) is 2.04. The normalized spacial score (nSPS) is 33.6. The Kier molecular flexibility index (Phi) is 4.61. The van der Waals surface area contributed by atoms with E-state index in [0.29, 0.717) is 37.1 Å². The van der Waals surface area contributed by atoms with Crippen molar-refractivity contribution in [2.45, 2.75) is 61.8 Å². The molecule has 1 saturated heterocycles. The highest BCUT2D eigenvalue weighted by molar-refractivity contribution is 9.10. The van der Waals surface area contributed by atoms with Crippen LogP contribution in [0.1, 0.15) is 59.3 Å². The summed E-state index contributed by atoms with van der Waals surface area (Å²) in [5.74, 6) is 0.317. The molecule has 0 radical (unpaired) electrons. The SMILES string of the molecule is CC1N(C)C2CC34c5c2ccc(C(=O)NCCc2ccc(Br)cc2)c5OC3C(=O)CCC14O. The van der Waals surface area contributed by atoms with Crippen LogP contribution in [-0.4, -0.2) is 53.0 Å². The molecule has 1 spiro atoms. The molecule has 6 rings (SSSR count). The van der Waals surface area contributed by atoms with Crippen molar-refractivity contribution in [3.05, 3.63) is 63.1 Å². The number of nitrogens with one attached hydrogen (secondary N) is 1. The molecule has 1 amide bonds. The molecule has 4 aliphatic rings. The minimum absolute atomic E-state index is 0.0285. The highest BCUT2D eigenvalue weighted by Gasteiger charge is 2.74. The topological polar surface area (TPSA) is 78.9 Å². The van der Waals surface area contributed by atoms with Crippen molar-refractivity contribution in [2.75, 3.05) is 13.6 Å². The Morgan fingerprint density at radius 2 is 2.03 bits per heavy atom. The highest BCUT2D eigenvalue weighted by Crippen LogP contribution is 2.68. The van der Waals surface area contributed by atoms with Gasteiger partial charge < -0.3 is 15.2 Å². The number of halogens is 1. The quantitative estimate of drug-likeness (QED) is 0.659. The van der Waals surface area contributed by atoms with E-state index >= 15 is 0 Å². The largest absolute Gasteiger partial charge is 0.480 e. The second kappa shape index (κ2) is 7.14. The van der Waals surface area contributed by atoms with Crippen LogP contribution in [0, 0.1) is 0 Å². The van der Waals surface area contributed by atoms with E-state index in [2.05, 4.69) is 26.1 Å². The summed E-state index contributed by atoms with van der Waals surface area (Å²) in [5, 5.41) is 15.0. The zero-order chi connectivity index (χ0) is 23.1. The minimum atomic E-state index is -1.07. The van der Waals surface area contributed by atoms with Gasteiger partial charge in [0.25, 0.3) is 5.91 Å². The smallest absolute Gasteiger partial charge is 0.255 e. The van der Waals surface area contributed by atoms with E-state index in [-0.39, 0.29) is 23.8 Å². The Morgan fingerprint density at radius 3 is 2.79 bits per heavy atom. The number of nitrogens with zero attached hydrogens (tertiary/aromatic N) is 1. The number of aliphatic hydroxyl groups is 1. The lowest BCUT2D eigenvalue weighted by Gasteiger charge is -2.57. The van der Waals surface area contributed by atoms with Gasteiger partial charge in [0, 0.05) is 35.1 Å². The average Bonchev–Trinajstić information content (AvgIpc) is 3.33. The van der Waals surface area contributed by atoms with Gasteiger partial charge in [-0.3, -0.25) is 14.5 Å². The molecule has 7 heteroatoms. The number of rotatable bonds is 4. The van der Waals surface area contributed by atoms with Gasteiger partial charge >= 0.3 is 0 Å². The zero-order valence-electron chi connectivity index (χ0n) is 18.7. The third kappa shape index (κ3) is 2.67. The van der Waals surface area contributed by atoms with Crippen LogP contribution < -0.4 is 10.1 Å². The molecule has 0 aromatic heterocycles. The molecule has 2 aliphatic carbocycles. The van der Waals surface area contributed by atoms with Crippen LogP contribution >= 0.6 is 15.9 Å². The van der Waals surface area contributed by atoms with E-state index in [1.807, 2.05) is 50.4 Å². The number of likely N-dealkylation sites (N-methyl/N-ethyl adjacent to an activating group) is 1. The Morgan fingerprint density at radius 1 is 1.27 bits per heavy atom. The van der Waals surface area contributed by atoms with E-state index in [9.17, 15) is 14.7 Å². The predicted molar refractivity (Wildman–Crippen MR) is 126 cm³/mol. The van der Waals surface area contributed by atoms with Gasteiger partial charge in [0.15, 0.2) is 11.9 Å². The predicted octanol–water partition coefficient (Wildman–Crippen LogP) is 3.29. The van der Waals surface area contributed by atoms with E-state index in [0.717, 1.165) is 27.6 Å². The Labute approximate surface area is 201 Å². The maximum Gasteiger partial charge on any atom is 0.255 e. The van der Waals surface area contributed by atoms with Crippen molar-refractivity contribution in [3.63, 3.8) is 0 Å². The number of hydrogen-bond donors (Lipinski definition) is 2. The summed E-state index contributed by atoms with van der Waals surface area (Å²) in [6.45, 7) is 2.54. The first-order chi connectivity index (χ1) is 15.8. The summed E-state index contributed by atoms with van der Waals surface area (Å²) >= 11 is 3.44. The first kappa shape index (κ1) is 21.3. The molecule has 5 unspecified atom stereocenters. The van der Waals surface area contributed by atoms with Crippen LogP contribution in [0.2, 0.25) is 0 Å². The van der Waals surface area contributed by atoms with Crippen LogP contribution in [0.15, 0.2) is 40.9 Å². The van der Waals surface area contributed by atoms with Crippen molar-refractivity contribution in [1.29, 1.82) is 0 Å². The number of amides is 1. The van der Waals surface area contributed by atoms with Crippen molar-refractivity contribution in [3.8, 4) is 5.75 Å². The number of ether oxygens (including phenoxy) is 1. The summed E-state index contributed by atoms with van der Waals surface area (Å²) < 4.78 is 7.32. The molecular formula is C26H27BrN2O4. The van der Waals surface area contributed by atoms with E-state index in [1.54, 1.807) is 0 Å². The number of likely N-dealkylation sites (tertiary alicyclic amines) is 1. The van der Waals surface area contributed by atoms with Crippen LogP contribution in [0.3, 0.4) is 0 Å². The van der Waals surface area contributed by atoms with Crippen molar-refractivity contribution < 1.29 is 19.4 Å². The molecule has 2 heterocycles. The van der Waals surface area contributed by atoms with Crippen LogP contribution in [0.25, 0.3) is 0 Å². The number of piperidine rings is 1. The van der Waals surface area contributed by atoms with Gasteiger partial charge in [0.2, 0.25) is 0 Å². The molecule has 2 fully saturated rings. The van der Waals surface area contributed by atoms with E-state index in [4.69, 9.17) is 4.74 Å². The average molecular weight is 511 g/mol. The fourth-order valence-electron chi connectivity index (χ4n) is 6.86. The summed E-state index contributed by atoms with van der Waals surface area (Å²) in [6.07, 6.45) is 1.37. The highest BCUT2D eigenvalue weighted by atomic mass is 79.9. The van der Waals surface area contributed by atoms with E-state index < -0.39 is 17.1 Å². The number of ketones is 1. The lowest BCUT2D eigenvalue weighted by molar-refractivity contribution is -0.182. The van der Waals surface area contributed by atoms with Crippen molar-refractivity contribution in [1.82, 2.24) is 10.2 Å². The molecule has 2 aromatic rings. The van der Waals surface area contributed by atoms with Gasteiger partial charge in [0.05, 0.1) is 16.6 Å². The molecule has 33 heavy (non-hydrogen) atoms. The van der Waals surface area contributed by atoms with Gasteiger partial charge in [-0.1, -0.05) is 34.1 Å². The third-order valence-electron chi connectivity index (χ3n) is 8.66. The first-order valence-corrected chi connectivity index (χ1v) is 12.4. The molecule has 5 atom stereocenters. The molecule has 2 aliphatic heterocycles. The van der Waals surface area contributed by atoms with Crippen molar-refractivity contribution in [2.24, 2.45) is 0 Å². The Bertz CT molecular complexity index is 1180. The van der Waals surface area contributed by atoms with Gasteiger partial charge in [-0.15, -0.1) is 0 Å². The van der Waals surface area contributed by atoms with Gasteiger partial charge in [-0.05, 0) is 62.6 Å². The molecule has 2 bridgehead atoms. The number of fused-ring (bicyclic) bond motifs is 2. The minimum Gasteiger partial charge on any atom is -0.480 e. The molecule has 1 saturated carbocycles. The number of carbonyl (C=O) groups excluding carboxylic acids is 2.